The van der Waals surface area contributed by atoms with E-state index in [4.69, 9.17) is 0 Å². The third-order valence-electron chi connectivity index (χ3n) is 2.89. The highest BCUT2D eigenvalue weighted by atomic mass is 15.3. The van der Waals surface area contributed by atoms with E-state index in [-0.39, 0.29) is 5.41 Å². The summed E-state index contributed by atoms with van der Waals surface area (Å²) in [5.41, 5.74) is 1.12. The summed E-state index contributed by atoms with van der Waals surface area (Å²) in [4.78, 5) is 0. The number of rotatable bonds is 2. The number of hydrogen-bond donors (Lipinski definition) is 0. The Hall–Kier alpha value is -1.64. The minimum Gasteiger partial charge on any atom is -0.282 e. The highest BCUT2D eigenvalue weighted by Crippen LogP contribution is 2.27. The predicted octanol–water partition coefficient (Wildman–Crippen LogP) is 3.69. The molecule has 0 saturated heterocycles. The summed E-state index contributed by atoms with van der Waals surface area (Å²) in [7, 11) is 0. The fraction of sp³-hybridized carbons (Fsp3) is 0.467. The fourth-order valence-electron chi connectivity index (χ4n) is 1.99. The van der Waals surface area contributed by atoms with Gasteiger partial charge in [-0.15, -0.1) is 10.2 Å². The molecule has 0 fully saturated rings. The third kappa shape index (κ3) is 2.30. The lowest BCUT2D eigenvalue weighted by Crippen LogP contribution is -2.19. The van der Waals surface area contributed by atoms with Gasteiger partial charge in [-0.2, -0.15) is 0 Å². The number of hydrogen-bond acceptors (Lipinski definition) is 2. The molecule has 0 bridgehead atoms. The minimum absolute atomic E-state index is 0.0179. The van der Waals surface area contributed by atoms with E-state index in [0.29, 0.717) is 5.92 Å². The summed E-state index contributed by atoms with van der Waals surface area (Å²) in [5, 5.41) is 8.77. The molecule has 3 nitrogen and oxygen atoms in total. The van der Waals surface area contributed by atoms with E-state index in [9.17, 15) is 0 Å². The lowest BCUT2D eigenvalue weighted by Gasteiger charge is -2.20. The summed E-state index contributed by atoms with van der Waals surface area (Å²) in [6.07, 6.45) is 0. The Morgan fingerprint density at radius 3 is 2.11 bits per heavy atom. The molecular weight excluding hydrogens is 222 g/mol. The molecule has 0 aliphatic rings. The highest BCUT2D eigenvalue weighted by molar-refractivity contribution is 5.35. The Balaban J connectivity index is 2.66. The first-order valence-corrected chi connectivity index (χ1v) is 6.42. The van der Waals surface area contributed by atoms with E-state index in [1.165, 1.54) is 0 Å². The van der Waals surface area contributed by atoms with Gasteiger partial charge in [0.1, 0.15) is 11.6 Å². The number of aromatic nitrogens is 3. The maximum atomic E-state index is 4.40. The van der Waals surface area contributed by atoms with Crippen LogP contribution in [0.25, 0.3) is 5.69 Å². The zero-order valence-electron chi connectivity index (χ0n) is 11.8. The van der Waals surface area contributed by atoms with E-state index in [0.717, 1.165) is 17.3 Å². The fourth-order valence-corrected chi connectivity index (χ4v) is 1.99. The first-order chi connectivity index (χ1) is 8.41. The normalized spacial score (nSPS) is 12.1. The molecule has 2 rings (SSSR count). The Kier molecular flexibility index (Phi) is 3.24. The Bertz CT molecular complexity index is 518. The third-order valence-corrected chi connectivity index (χ3v) is 2.89. The van der Waals surface area contributed by atoms with Gasteiger partial charge in [-0.3, -0.25) is 4.57 Å². The molecule has 0 aliphatic heterocycles. The average molecular weight is 243 g/mol. The SMILES string of the molecule is CC(C)c1nnc(C(C)(C)C)n1-c1ccccc1. The van der Waals surface area contributed by atoms with Gasteiger partial charge in [0.2, 0.25) is 0 Å². The van der Waals surface area contributed by atoms with E-state index in [1.54, 1.807) is 0 Å². The van der Waals surface area contributed by atoms with Crippen molar-refractivity contribution in [2.45, 2.75) is 46.0 Å². The van der Waals surface area contributed by atoms with Crippen molar-refractivity contribution in [1.29, 1.82) is 0 Å². The van der Waals surface area contributed by atoms with Crippen molar-refractivity contribution in [3.63, 3.8) is 0 Å². The van der Waals surface area contributed by atoms with Gasteiger partial charge >= 0.3 is 0 Å². The monoisotopic (exact) mass is 243 g/mol. The zero-order chi connectivity index (χ0) is 13.3. The highest BCUT2D eigenvalue weighted by Gasteiger charge is 2.25. The largest absolute Gasteiger partial charge is 0.282 e. The summed E-state index contributed by atoms with van der Waals surface area (Å²) in [5.74, 6) is 2.39. The van der Waals surface area contributed by atoms with Crippen molar-refractivity contribution in [2.75, 3.05) is 0 Å². The van der Waals surface area contributed by atoms with E-state index < -0.39 is 0 Å². The second kappa shape index (κ2) is 4.56. The van der Waals surface area contributed by atoms with Gasteiger partial charge in [0, 0.05) is 17.0 Å². The standard InChI is InChI=1S/C15H21N3/c1-11(2)13-16-17-14(15(3,4)5)18(13)12-9-7-6-8-10-12/h6-11H,1-5H3. The van der Waals surface area contributed by atoms with Crippen molar-refractivity contribution in [1.82, 2.24) is 14.8 Å². The van der Waals surface area contributed by atoms with Crippen LogP contribution in [0.3, 0.4) is 0 Å². The van der Waals surface area contributed by atoms with Crippen LogP contribution in [-0.2, 0) is 5.41 Å². The lowest BCUT2D eigenvalue weighted by molar-refractivity contribution is 0.530. The molecule has 0 unspecified atom stereocenters. The second-order valence-electron chi connectivity index (χ2n) is 5.96. The van der Waals surface area contributed by atoms with Crippen molar-refractivity contribution >= 4 is 0 Å². The molecule has 0 amide bonds. The molecule has 96 valence electrons. The first kappa shape index (κ1) is 12.8. The van der Waals surface area contributed by atoms with Gasteiger partial charge in [-0.25, -0.2) is 0 Å². The van der Waals surface area contributed by atoms with Gasteiger partial charge in [0.25, 0.3) is 0 Å². The maximum absolute atomic E-state index is 4.40. The van der Waals surface area contributed by atoms with Crippen LogP contribution in [0.1, 0.15) is 52.2 Å². The Labute approximate surface area is 109 Å². The molecule has 1 heterocycles. The molecule has 1 aromatic carbocycles. The van der Waals surface area contributed by atoms with Crippen LogP contribution >= 0.6 is 0 Å². The summed E-state index contributed by atoms with van der Waals surface area (Å²) >= 11 is 0. The lowest BCUT2D eigenvalue weighted by atomic mass is 9.95. The topological polar surface area (TPSA) is 30.7 Å². The molecule has 0 spiro atoms. The van der Waals surface area contributed by atoms with Crippen molar-refractivity contribution < 1.29 is 0 Å². The van der Waals surface area contributed by atoms with Crippen LogP contribution < -0.4 is 0 Å². The van der Waals surface area contributed by atoms with Crippen LogP contribution in [0.4, 0.5) is 0 Å². The predicted molar refractivity (Wildman–Crippen MR) is 74.1 cm³/mol. The molecule has 0 radical (unpaired) electrons. The molecule has 18 heavy (non-hydrogen) atoms. The molecule has 0 N–H and O–H groups in total. The van der Waals surface area contributed by atoms with E-state index >= 15 is 0 Å². The zero-order valence-corrected chi connectivity index (χ0v) is 11.8. The number of benzene rings is 1. The van der Waals surface area contributed by atoms with E-state index in [1.807, 2.05) is 18.2 Å². The Morgan fingerprint density at radius 1 is 1.00 bits per heavy atom. The number of nitrogens with zero attached hydrogens (tertiary/aromatic N) is 3. The van der Waals surface area contributed by atoms with Gasteiger partial charge < -0.3 is 0 Å². The van der Waals surface area contributed by atoms with Crippen LogP contribution in [0.5, 0.6) is 0 Å². The molecule has 2 aromatic rings. The van der Waals surface area contributed by atoms with Crippen molar-refractivity contribution in [3.8, 4) is 5.69 Å². The van der Waals surface area contributed by atoms with Gasteiger partial charge in [0.05, 0.1) is 0 Å². The van der Waals surface area contributed by atoms with Gasteiger partial charge in [-0.05, 0) is 12.1 Å². The average Bonchev–Trinajstić information content (AvgIpc) is 2.74. The number of para-hydroxylation sites is 1. The summed E-state index contributed by atoms with van der Waals surface area (Å²) in [6.45, 7) is 10.8. The molecule has 0 saturated carbocycles. The van der Waals surface area contributed by atoms with Crippen LogP contribution in [0.15, 0.2) is 30.3 Å². The molecule has 3 heteroatoms. The molecular formula is C15H21N3. The molecule has 0 aliphatic carbocycles. The quantitative estimate of drug-likeness (QED) is 0.805. The van der Waals surface area contributed by atoms with Crippen molar-refractivity contribution in [3.05, 3.63) is 42.0 Å². The maximum Gasteiger partial charge on any atom is 0.143 e. The van der Waals surface area contributed by atoms with Crippen molar-refractivity contribution in [2.24, 2.45) is 0 Å². The minimum atomic E-state index is -0.0179. The van der Waals surface area contributed by atoms with Gasteiger partial charge in [0.15, 0.2) is 0 Å². The molecule has 0 atom stereocenters. The molecule has 1 aromatic heterocycles. The summed E-state index contributed by atoms with van der Waals surface area (Å²) < 4.78 is 2.19. The van der Waals surface area contributed by atoms with E-state index in [2.05, 4.69) is 61.5 Å². The van der Waals surface area contributed by atoms with Crippen LogP contribution in [0, 0.1) is 0 Å². The smallest absolute Gasteiger partial charge is 0.143 e. The Morgan fingerprint density at radius 2 is 1.61 bits per heavy atom. The first-order valence-electron chi connectivity index (χ1n) is 6.42. The second-order valence-corrected chi connectivity index (χ2v) is 5.96. The van der Waals surface area contributed by atoms with Crippen LogP contribution in [0.2, 0.25) is 0 Å². The summed E-state index contributed by atoms with van der Waals surface area (Å²) in [6, 6.07) is 10.3. The van der Waals surface area contributed by atoms with Gasteiger partial charge in [-0.1, -0.05) is 52.8 Å². The van der Waals surface area contributed by atoms with Crippen LogP contribution in [-0.4, -0.2) is 14.8 Å².